The quantitative estimate of drug-likeness (QED) is 0.783. The molecule has 2 rings (SSSR count). The SMILES string of the molecule is NC(=O)c1ccccc1CCN1CCNCC1. The number of hydrogen-bond acceptors (Lipinski definition) is 3. The Bertz CT molecular complexity index is 386. The second-order valence-electron chi connectivity index (χ2n) is 4.36. The van der Waals surface area contributed by atoms with Gasteiger partial charge in [0, 0.05) is 38.3 Å². The first-order valence-electron chi connectivity index (χ1n) is 6.08. The summed E-state index contributed by atoms with van der Waals surface area (Å²) in [7, 11) is 0. The van der Waals surface area contributed by atoms with Crippen LogP contribution >= 0.6 is 0 Å². The molecule has 1 aromatic carbocycles. The first-order chi connectivity index (χ1) is 8.27. The molecule has 1 heterocycles. The Hall–Kier alpha value is -1.39. The predicted molar refractivity (Wildman–Crippen MR) is 68.0 cm³/mol. The molecular formula is C13H19N3O. The van der Waals surface area contributed by atoms with E-state index in [1.54, 1.807) is 6.07 Å². The molecule has 17 heavy (non-hydrogen) atoms. The molecule has 1 amide bonds. The molecule has 3 N–H and O–H groups in total. The highest BCUT2D eigenvalue weighted by atomic mass is 16.1. The lowest BCUT2D eigenvalue weighted by Crippen LogP contribution is -2.44. The van der Waals surface area contributed by atoms with Gasteiger partial charge in [-0.1, -0.05) is 18.2 Å². The van der Waals surface area contributed by atoms with Crippen LogP contribution in [-0.2, 0) is 6.42 Å². The summed E-state index contributed by atoms with van der Waals surface area (Å²) >= 11 is 0. The molecule has 0 unspecified atom stereocenters. The van der Waals surface area contributed by atoms with Crippen molar-refractivity contribution in [2.45, 2.75) is 6.42 Å². The first-order valence-corrected chi connectivity index (χ1v) is 6.08. The summed E-state index contributed by atoms with van der Waals surface area (Å²) in [6.45, 7) is 5.26. The zero-order chi connectivity index (χ0) is 12.1. The van der Waals surface area contributed by atoms with Crippen LogP contribution in [0.1, 0.15) is 15.9 Å². The fourth-order valence-electron chi connectivity index (χ4n) is 2.19. The normalized spacial score (nSPS) is 16.9. The van der Waals surface area contributed by atoms with Gasteiger partial charge in [-0.25, -0.2) is 0 Å². The smallest absolute Gasteiger partial charge is 0.248 e. The Labute approximate surface area is 102 Å². The molecule has 1 aromatic rings. The number of carbonyl (C=O) groups is 1. The fraction of sp³-hybridized carbons (Fsp3) is 0.462. The summed E-state index contributed by atoms with van der Waals surface area (Å²) in [5, 5.41) is 3.33. The van der Waals surface area contributed by atoms with Gasteiger partial charge >= 0.3 is 0 Å². The number of piperazine rings is 1. The van der Waals surface area contributed by atoms with Crippen LogP contribution < -0.4 is 11.1 Å². The summed E-state index contributed by atoms with van der Waals surface area (Å²) < 4.78 is 0. The summed E-state index contributed by atoms with van der Waals surface area (Å²) in [6, 6.07) is 7.60. The average Bonchev–Trinajstić information content (AvgIpc) is 2.38. The van der Waals surface area contributed by atoms with E-state index in [1.165, 1.54) is 0 Å². The standard InChI is InChI=1S/C13H19N3O/c14-13(17)12-4-2-1-3-11(12)5-8-16-9-6-15-7-10-16/h1-4,15H,5-10H2,(H2,14,17). The Balaban J connectivity index is 1.96. The molecule has 1 fully saturated rings. The number of nitrogens with two attached hydrogens (primary N) is 1. The van der Waals surface area contributed by atoms with Gasteiger partial charge in [0.25, 0.3) is 0 Å². The monoisotopic (exact) mass is 233 g/mol. The van der Waals surface area contributed by atoms with Crippen molar-refractivity contribution in [3.8, 4) is 0 Å². The van der Waals surface area contributed by atoms with E-state index in [0.29, 0.717) is 5.56 Å². The molecule has 0 bridgehead atoms. The molecule has 0 aromatic heterocycles. The molecule has 1 saturated heterocycles. The minimum atomic E-state index is -0.332. The van der Waals surface area contributed by atoms with Gasteiger partial charge in [-0.2, -0.15) is 0 Å². The number of rotatable bonds is 4. The molecule has 0 aliphatic carbocycles. The van der Waals surface area contributed by atoms with E-state index in [0.717, 1.165) is 44.7 Å². The number of primary amides is 1. The highest BCUT2D eigenvalue weighted by Gasteiger charge is 2.11. The van der Waals surface area contributed by atoms with Gasteiger partial charge in [0.15, 0.2) is 0 Å². The van der Waals surface area contributed by atoms with Gasteiger partial charge < -0.3 is 16.0 Å². The Morgan fingerprint density at radius 1 is 1.29 bits per heavy atom. The van der Waals surface area contributed by atoms with Crippen molar-refractivity contribution in [1.82, 2.24) is 10.2 Å². The number of amides is 1. The molecule has 0 spiro atoms. The van der Waals surface area contributed by atoms with Crippen molar-refractivity contribution >= 4 is 5.91 Å². The minimum Gasteiger partial charge on any atom is -0.366 e. The largest absolute Gasteiger partial charge is 0.366 e. The molecular weight excluding hydrogens is 214 g/mol. The van der Waals surface area contributed by atoms with Crippen LogP contribution in [0, 0.1) is 0 Å². The van der Waals surface area contributed by atoms with E-state index in [-0.39, 0.29) is 5.91 Å². The van der Waals surface area contributed by atoms with Gasteiger partial charge in [0.2, 0.25) is 5.91 Å². The van der Waals surface area contributed by atoms with Crippen LogP contribution in [0.25, 0.3) is 0 Å². The highest BCUT2D eigenvalue weighted by Crippen LogP contribution is 2.09. The Morgan fingerprint density at radius 2 is 2.00 bits per heavy atom. The van der Waals surface area contributed by atoms with Crippen molar-refractivity contribution in [3.63, 3.8) is 0 Å². The number of nitrogens with zero attached hydrogens (tertiary/aromatic N) is 1. The van der Waals surface area contributed by atoms with Crippen LogP contribution in [0.4, 0.5) is 0 Å². The van der Waals surface area contributed by atoms with Crippen molar-refractivity contribution in [3.05, 3.63) is 35.4 Å². The second-order valence-corrected chi connectivity index (χ2v) is 4.36. The van der Waals surface area contributed by atoms with Crippen LogP contribution in [0.3, 0.4) is 0 Å². The number of benzene rings is 1. The van der Waals surface area contributed by atoms with Gasteiger partial charge in [-0.15, -0.1) is 0 Å². The first kappa shape index (κ1) is 12.1. The lowest BCUT2D eigenvalue weighted by Gasteiger charge is -2.27. The lowest BCUT2D eigenvalue weighted by molar-refractivity contribution is 0.0999. The molecule has 1 aliphatic heterocycles. The molecule has 4 heteroatoms. The zero-order valence-electron chi connectivity index (χ0n) is 9.98. The van der Waals surface area contributed by atoms with E-state index >= 15 is 0 Å². The van der Waals surface area contributed by atoms with Crippen molar-refractivity contribution < 1.29 is 4.79 Å². The third-order valence-electron chi connectivity index (χ3n) is 3.19. The topological polar surface area (TPSA) is 58.4 Å². The molecule has 0 atom stereocenters. The fourth-order valence-corrected chi connectivity index (χ4v) is 2.19. The minimum absolute atomic E-state index is 0.332. The third kappa shape index (κ3) is 3.28. The van der Waals surface area contributed by atoms with E-state index in [9.17, 15) is 4.79 Å². The Morgan fingerprint density at radius 3 is 2.71 bits per heavy atom. The van der Waals surface area contributed by atoms with Gasteiger partial charge in [-0.05, 0) is 18.1 Å². The number of carbonyl (C=O) groups excluding carboxylic acids is 1. The molecule has 0 radical (unpaired) electrons. The summed E-state index contributed by atoms with van der Waals surface area (Å²) in [5.74, 6) is -0.332. The highest BCUT2D eigenvalue weighted by molar-refractivity contribution is 5.94. The van der Waals surface area contributed by atoms with Crippen LogP contribution in [0.15, 0.2) is 24.3 Å². The molecule has 1 aliphatic rings. The van der Waals surface area contributed by atoms with E-state index in [1.807, 2.05) is 18.2 Å². The Kier molecular flexibility index (Phi) is 4.12. The van der Waals surface area contributed by atoms with Crippen molar-refractivity contribution in [1.29, 1.82) is 0 Å². The third-order valence-corrected chi connectivity index (χ3v) is 3.19. The van der Waals surface area contributed by atoms with E-state index < -0.39 is 0 Å². The summed E-state index contributed by atoms with van der Waals surface area (Å²) in [4.78, 5) is 13.7. The van der Waals surface area contributed by atoms with Crippen LogP contribution in [0.2, 0.25) is 0 Å². The van der Waals surface area contributed by atoms with Crippen LogP contribution in [0.5, 0.6) is 0 Å². The maximum absolute atomic E-state index is 11.3. The molecule has 92 valence electrons. The average molecular weight is 233 g/mol. The molecule has 4 nitrogen and oxygen atoms in total. The van der Waals surface area contributed by atoms with E-state index in [2.05, 4.69) is 10.2 Å². The molecule has 0 saturated carbocycles. The maximum Gasteiger partial charge on any atom is 0.248 e. The van der Waals surface area contributed by atoms with Crippen LogP contribution in [-0.4, -0.2) is 43.5 Å². The summed E-state index contributed by atoms with van der Waals surface area (Å²) in [6.07, 6.45) is 0.888. The zero-order valence-corrected chi connectivity index (χ0v) is 9.98. The van der Waals surface area contributed by atoms with Crippen molar-refractivity contribution in [2.75, 3.05) is 32.7 Å². The van der Waals surface area contributed by atoms with Gasteiger partial charge in [-0.3, -0.25) is 4.79 Å². The van der Waals surface area contributed by atoms with Gasteiger partial charge in [0.1, 0.15) is 0 Å². The summed E-state index contributed by atoms with van der Waals surface area (Å²) in [5.41, 5.74) is 7.07. The number of hydrogen-bond donors (Lipinski definition) is 2. The second kappa shape index (κ2) is 5.80. The van der Waals surface area contributed by atoms with E-state index in [4.69, 9.17) is 5.73 Å². The lowest BCUT2D eigenvalue weighted by atomic mass is 10.0. The predicted octanol–water partition coefficient (Wildman–Crippen LogP) is 0.233. The number of nitrogens with one attached hydrogen (secondary N) is 1. The van der Waals surface area contributed by atoms with Gasteiger partial charge in [0.05, 0.1) is 0 Å². The van der Waals surface area contributed by atoms with Crippen molar-refractivity contribution in [2.24, 2.45) is 5.73 Å². The maximum atomic E-state index is 11.3.